The summed E-state index contributed by atoms with van der Waals surface area (Å²) < 4.78 is 35.9. The quantitative estimate of drug-likeness (QED) is 0.749. The molecule has 0 spiro atoms. The molecule has 1 N–H and O–H groups in total. The summed E-state index contributed by atoms with van der Waals surface area (Å²) in [5.41, 5.74) is 0.848. The van der Waals surface area contributed by atoms with E-state index in [0.29, 0.717) is 25.0 Å². The number of nitrogens with one attached hydrogen (secondary N) is 1. The molecule has 0 saturated carbocycles. The van der Waals surface area contributed by atoms with Gasteiger partial charge in [0.15, 0.2) is 5.82 Å². The van der Waals surface area contributed by atoms with Crippen LogP contribution in [-0.2, 0) is 16.6 Å². The van der Waals surface area contributed by atoms with Gasteiger partial charge in [0, 0.05) is 11.0 Å². The summed E-state index contributed by atoms with van der Waals surface area (Å²) >= 11 is 3.37. The van der Waals surface area contributed by atoms with E-state index in [2.05, 4.69) is 30.8 Å². The zero-order valence-electron chi connectivity index (χ0n) is 14.1. The van der Waals surface area contributed by atoms with Crippen molar-refractivity contribution in [3.05, 3.63) is 34.1 Å². The number of hydrogen-bond acceptors (Lipinski definition) is 5. The molecule has 0 aliphatic rings. The van der Waals surface area contributed by atoms with Crippen LogP contribution in [0.3, 0.4) is 0 Å². The van der Waals surface area contributed by atoms with Crippen LogP contribution < -0.4 is 9.46 Å². The molecule has 1 aromatic carbocycles. The number of sulfonamides is 1. The highest BCUT2D eigenvalue weighted by atomic mass is 79.9. The summed E-state index contributed by atoms with van der Waals surface area (Å²) in [5.74, 6) is 0.512. The molecule has 0 aliphatic heterocycles. The second-order valence-electron chi connectivity index (χ2n) is 5.27. The topological polar surface area (TPSA) is 86.1 Å². The fourth-order valence-electron chi connectivity index (χ4n) is 2.29. The van der Waals surface area contributed by atoms with E-state index in [-0.39, 0.29) is 4.90 Å². The minimum atomic E-state index is -3.67. The lowest BCUT2D eigenvalue weighted by Crippen LogP contribution is -2.29. The zero-order chi connectivity index (χ0) is 17.9. The molecule has 2 aromatic rings. The van der Waals surface area contributed by atoms with Crippen LogP contribution in [0.5, 0.6) is 6.01 Å². The number of aryl methyl sites for hydroxylation is 1. The van der Waals surface area contributed by atoms with Crippen molar-refractivity contribution in [3.8, 4) is 6.01 Å². The SMILES string of the molecule is CCOc1nnc([C@@H](C)NS(=O)(=O)c2ccc(Br)c(C)c2)n1CC. The Balaban J connectivity index is 2.28. The molecule has 0 amide bonds. The summed E-state index contributed by atoms with van der Waals surface area (Å²) in [7, 11) is -3.67. The minimum Gasteiger partial charge on any atom is -0.464 e. The van der Waals surface area contributed by atoms with Crippen molar-refractivity contribution in [1.29, 1.82) is 0 Å². The molecule has 0 fully saturated rings. The Morgan fingerprint density at radius 3 is 2.62 bits per heavy atom. The van der Waals surface area contributed by atoms with Gasteiger partial charge < -0.3 is 4.74 Å². The smallest absolute Gasteiger partial charge is 0.316 e. The van der Waals surface area contributed by atoms with Crippen molar-refractivity contribution in [2.45, 2.75) is 45.2 Å². The summed E-state index contributed by atoms with van der Waals surface area (Å²) in [6.45, 7) is 8.41. The Hall–Kier alpha value is -1.45. The number of ether oxygens (including phenoxy) is 1. The Labute approximate surface area is 150 Å². The van der Waals surface area contributed by atoms with Gasteiger partial charge >= 0.3 is 6.01 Å². The molecule has 2 rings (SSSR count). The van der Waals surface area contributed by atoms with E-state index in [9.17, 15) is 8.42 Å². The molecule has 1 heterocycles. The lowest BCUT2D eigenvalue weighted by molar-refractivity contribution is 0.294. The van der Waals surface area contributed by atoms with E-state index in [1.807, 2.05) is 20.8 Å². The lowest BCUT2D eigenvalue weighted by Gasteiger charge is -2.15. The monoisotopic (exact) mass is 416 g/mol. The van der Waals surface area contributed by atoms with Gasteiger partial charge in [-0.3, -0.25) is 4.57 Å². The maximum absolute atomic E-state index is 12.6. The molecule has 0 bridgehead atoms. The van der Waals surface area contributed by atoms with Gasteiger partial charge in [0.05, 0.1) is 17.5 Å². The first-order valence-corrected chi connectivity index (χ1v) is 9.92. The van der Waals surface area contributed by atoms with Crippen molar-refractivity contribution >= 4 is 26.0 Å². The second-order valence-corrected chi connectivity index (χ2v) is 7.84. The predicted molar refractivity (Wildman–Crippen MR) is 94.5 cm³/mol. The number of benzene rings is 1. The van der Waals surface area contributed by atoms with Crippen LogP contribution in [0.15, 0.2) is 27.6 Å². The lowest BCUT2D eigenvalue weighted by atomic mass is 10.2. The van der Waals surface area contributed by atoms with Crippen LogP contribution in [0.4, 0.5) is 0 Å². The van der Waals surface area contributed by atoms with Gasteiger partial charge in [-0.15, -0.1) is 5.10 Å². The van der Waals surface area contributed by atoms with E-state index < -0.39 is 16.1 Å². The van der Waals surface area contributed by atoms with Gasteiger partial charge in [0.25, 0.3) is 0 Å². The molecule has 9 heteroatoms. The van der Waals surface area contributed by atoms with Crippen LogP contribution in [-0.4, -0.2) is 29.8 Å². The van der Waals surface area contributed by atoms with E-state index in [1.54, 1.807) is 29.7 Å². The number of nitrogens with zero attached hydrogens (tertiary/aromatic N) is 3. The van der Waals surface area contributed by atoms with Crippen LogP contribution in [0.25, 0.3) is 0 Å². The number of halogens is 1. The molecular formula is C15H21BrN4O3S. The fourth-order valence-corrected chi connectivity index (χ4v) is 3.82. The highest BCUT2D eigenvalue weighted by Crippen LogP contribution is 2.22. The number of rotatable bonds is 7. The van der Waals surface area contributed by atoms with Gasteiger partial charge in [-0.2, -0.15) is 0 Å². The van der Waals surface area contributed by atoms with E-state index in [1.165, 1.54) is 0 Å². The van der Waals surface area contributed by atoms with E-state index in [4.69, 9.17) is 4.74 Å². The molecular weight excluding hydrogens is 396 g/mol. The Kier molecular flexibility index (Phi) is 6.00. The van der Waals surface area contributed by atoms with Crippen molar-refractivity contribution in [2.75, 3.05) is 6.61 Å². The van der Waals surface area contributed by atoms with Gasteiger partial charge in [0.2, 0.25) is 10.0 Å². The van der Waals surface area contributed by atoms with Gasteiger partial charge in [-0.05, 0) is 51.5 Å². The Bertz CT molecular complexity index is 820. The van der Waals surface area contributed by atoms with Crippen molar-refractivity contribution < 1.29 is 13.2 Å². The molecule has 0 aliphatic carbocycles. The molecule has 1 atom stereocenters. The highest BCUT2D eigenvalue weighted by Gasteiger charge is 2.24. The number of aromatic nitrogens is 3. The van der Waals surface area contributed by atoms with Gasteiger partial charge in [0.1, 0.15) is 0 Å². The largest absolute Gasteiger partial charge is 0.464 e. The van der Waals surface area contributed by atoms with Crippen LogP contribution in [0.1, 0.15) is 38.2 Å². The average Bonchev–Trinajstić information content (AvgIpc) is 2.92. The maximum atomic E-state index is 12.6. The molecule has 0 saturated heterocycles. The third kappa shape index (κ3) is 3.96. The normalized spacial score (nSPS) is 13.0. The van der Waals surface area contributed by atoms with Crippen molar-refractivity contribution in [3.63, 3.8) is 0 Å². The minimum absolute atomic E-state index is 0.211. The Morgan fingerprint density at radius 1 is 1.33 bits per heavy atom. The van der Waals surface area contributed by atoms with Crippen LogP contribution in [0.2, 0.25) is 0 Å². The van der Waals surface area contributed by atoms with Gasteiger partial charge in [-0.25, -0.2) is 13.1 Å². The summed E-state index contributed by atoms with van der Waals surface area (Å²) in [6, 6.07) is 4.75. The second kappa shape index (κ2) is 7.62. The maximum Gasteiger partial charge on any atom is 0.316 e. The molecule has 132 valence electrons. The zero-order valence-corrected chi connectivity index (χ0v) is 16.5. The van der Waals surface area contributed by atoms with E-state index >= 15 is 0 Å². The molecule has 0 radical (unpaired) electrons. The van der Waals surface area contributed by atoms with E-state index in [0.717, 1.165) is 10.0 Å². The first kappa shape index (κ1) is 18.9. The van der Waals surface area contributed by atoms with Gasteiger partial charge in [-0.1, -0.05) is 21.0 Å². The fraction of sp³-hybridized carbons (Fsp3) is 0.467. The van der Waals surface area contributed by atoms with Crippen molar-refractivity contribution in [1.82, 2.24) is 19.5 Å². The van der Waals surface area contributed by atoms with Crippen LogP contribution in [0, 0.1) is 6.92 Å². The molecule has 24 heavy (non-hydrogen) atoms. The summed E-state index contributed by atoms with van der Waals surface area (Å²) in [6.07, 6.45) is 0. The third-order valence-electron chi connectivity index (χ3n) is 3.49. The number of hydrogen-bond donors (Lipinski definition) is 1. The average molecular weight is 417 g/mol. The predicted octanol–water partition coefficient (Wildman–Crippen LogP) is 2.81. The molecule has 1 aromatic heterocycles. The first-order valence-electron chi connectivity index (χ1n) is 7.64. The molecule has 7 nitrogen and oxygen atoms in total. The third-order valence-corrected chi connectivity index (χ3v) is 5.92. The first-order chi connectivity index (χ1) is 11.3. The molecule has 0 unspecified atom stereocenters. The van der Waals surface area contributed by atoms with Crippen molar-refractivity contribution in [2.24, 2.45) is 0 Å². The van der Waals surface area contributed by atoms with Crippen LogP contribution >= 0.6 is 15.9 Å². The summed E-state index contributed by atoms with van der Waals surface area (Å²) in [5, 5.41) is 8.04. The highest BCUT2D eigenvalue weighted by molar-refractivity contribution is 9.10. The standard InChI is InChI=1S/C15H21BrN4O3S/c1-5-20-14(17-18-15(20)23-6-2)11(4)19-24(21,22)12-7-8-13(16)10(3)9-12/h7-9,11,19H,5-6H2,1-4H3/t11-/m1/s1. The Morgan fingerprint density at radius 2 is 2.04 bits per heavy atom. The summed E-state index contributed by atoms with van der Waals surface area (Å²) in [4.78, 5) is 0.211.